The Balaban J connectivity index is 1.91. The Hall–Kier alpha value is -3.29. The van der Waals surface area contributed by atoms with Gasteiger partial charge in [-0.05, 0) is 58.3 Å². The van der Waals surface area contributed by atoms with Gasteiger partial charge in [-0.3, -0.25) is 15.0 Å². The van der Waals surface area contributed by atoms with E-state index in [0.29, 0.717) is 16.6 Å². The number of phenols is 1. The maximum atomic E-state index is 13.2. The minimum atomic E-state index is -0.666. The highest BCUT2D eigenvalue weighted by atomic mass is 16.3. The molecule has 7 nitrogen and oxygen atoms in total. The number of aromatic hydroxyl groups is 1. The Bertz CT molecular complexity index is 991. The molecule has 1 heterocycles. The Morgan fingerprint density at radius 2 is 1.72 bits per heavy atom. The van der Waals surface area contributed by atoms with E-state index in [-0.39, 0.29) is 17.2 Å². The van der Waals surface area contributed by atoms with Crippen molar-refractivity contribution >= 4 is 30.9 Å². The lowest BCUT2D eigenvalue weighted by Gasteiger charge is -2.35. The second-order valence-electron chi connectivity index (χ2n) is 8.16. The molecule has 2 amide bonds. The minimum Gasteiger partial charge on any atom is -0.507 e. The van der Waals surface area contributed by atoms with E-state index < -0.39 is 11.4 Å². The summed E-state index contributed by atoms with van der Waals surface area (Å²) in [5, 5.41) is 18.1. The second-order valence-corrected chi connectivity index (χ2v) is 8.16. The van der Waals surface area contributed by atoms with Crippen LogP contribution in [0.5, 0.6) is 5.75 Å². The molecule has 1 aliphatic rings. The van der Waals surface area contributed by atoms with E-state index >= 15 is 0 Å². The first-order valence-corrected chi connectivity index (χ1v) is 9.29. The largest absolute Gasteiger partial charge is 0.507 e. The van der Waals surface area contributed by atoms with Crippen molar-refractivity contribution in [3.63, 3.8) is 0 Å². The van der Waals surface area contributed by atoms with Gasteiger partial charge in [0, 0.05) is 16.7 Å². The second kappa shape index (κ2) is 7.62. The number of aryl methyl sites for hydroxylation is 2. The number of nitrogens with one attached hydrogen (secondary N) is 2. The van der Waals surface area contributed by atoms with Crippen molar-refractivity contribution in [1.82, 2.24) is 15.8 Å². The fraction of sp³-hybridized carbons (Fsp3) is 0.286. The highest BCUT2D eigenvalue weighted by Crippen LogP contribution is 2.20. The fourth-order valence-electron chi connectivity index (χ4n) is 3.18. The average Bonchev–Trinajstić information content (AvgIpc) is 2.63. The summed E-state index contributed by atoms with van der Waals surface area (Å²) >= 11 is 0. The lowest BCUT2D eigenvalue weighted by Crippen LogP contribution is -2.56. The number of rotatable bonds is 2. The summed E-state index contributed by atoms with van der Waals surface area (Å²) in [6, 6.07) is 8.57. The Morgan fingerprint density at radius 1 is 1.07 bits per heavy atom. The third kappa shape index (κ3) is 4.42. The Kier molecular flexibility index (Phi) is 5.37. The van der Waals surface area contributed by atoms with E-state index in [1.54, 1.807) is 25.6 Å². The molecule has 0 bridgehead atoms. The van der Waals surface area contributed by atoms with Gasteiger partial charge >= 0.3 is 7.41 Å². The van der Waals surface area contributed by atoms with Crippen LogP contribution >= 0.6 is 0 Å². The molecule has 149 valence electrons. The molecule has 0 spiro atoms. The first-order chi connectivity index (χ1) is 13.6. The number of hydrazone groups is 1. The third-order valence-corrected chi connectivity index (χ3v) is 4.50. The van der Waals surface area contributed by atoms with Gasteiger partial charge in [0.25, 0.3) is 11.8 Å². The predicted molar refractivity (Wildman–Crippen MR) is 114 cm³/mol. The van der Waals surface area contributed by atoms with Crippen LogP contribution in [0.2, 0.25) is 0 Å². The van der Waals surface area contributed by atoms with Crippen LogP contribution in [0.1, 0.15) is 58.2 Å². The molecule has 2 aromatic rings. The van der Waals surface area contributed by atoms with Crippen molar-refractivity contribution in [2.24, 2.45) is 5.10 Å². The summed E-state index contributed by atoms with van der Waals surface area (Å²) in [6.07, 6.45) is 1.48. The fourth-order valence-corrected chi connectivity index (χ4v) is 3.18. The van der Waals surface area contributed by atoms with Gasteiger partial charge in [-0.15, -0.1) is 0 Å². The zero-order valence-corrected chi connectivity index (χ0v) is 17.2. The molecule has 0 fully saturated rings. The van der Waals surface area contributed by atoms with Crippen molar-refractivity contribution in [1.29, 1.82) is 0 Å². The molecule has 0 saturated carbocycles. The number of amides is 2. The summed E-state index contributed by atoms with van der Waals surface area (Å²) in [7, 11) is 1.59. The number of fused-ring (bicyclic) bond motifs is 1. The molecular formula is C21H24BN4O3. The third-order valence-electron chi connectivity index (χ3n) is 4.50. The number of nitrogens with zero attached hydrogens (tertiary/aromatic N) is 2. The number of carbonyl (C=O) groups excluding carboxylic acids is 2. The van der Waals surface area contributed by atoms with Gasteiger partial charge in [0.1, 0.15) is 5.75 Å². The molecule has 3 rings (SSSR count). The van der Waals surface area contributed by atoms with Gasteiger partial charge in [-0.25, -0.2) is 10.1 Å². The van der Waals surface area contributed by atoms with Crippen LogP contribution < -0.4 is 16.2 Å². The maximum absolute atomic E-state index is 13.2. The van der Waals surface area contributed by atoms with Crippen LogP contribution in [0.3, 0.4) is 0 Å². The predicted octanol–water partition coefficient (Wildman–Crippen LogP) is 1.78. The quantitative estimate of drug-likeness (QED) is 0.537. The number of hydrazine groups is 1. The van der Waals surface area contributed by atoms with Gasteiger partial charge in [0.05, 0.1) is 11.8 Å². The van der Waals surface area contributed by atoms with Gasteiger partial charge in [0.2, 0.25) is 0 Å². The van der Waals surface area contributed by atoms with E-state index in [0.717, 1.165) is 11.1 Å². The lowest BCUT2D eigenvalue weighted by molar-refractivity contribution is 0.0358. The monoisotopic (exact) mass is 391 g/mol. The molecule has 0 aromatic heterocycles. The van der Waals surface area contributed by atoms with Gasteiger partial charge in [-0.2, -0.15) is 0 Å². The van der Waals surface area contributed by atoms with Crippen molar-refractivity contribution in [3.05, 3.63) is 58.1 Å². The van der Waals surface area contributed by atoms with E-state index in [9.17, 15) is 14.7 Å². The minimum absolute atomic E-state index is 0.0582. The molecule has 0 aliphatic carbocycles. The summed E-state index contributed by atoms with van der Waals surface area (Å²) in [5.41, 5.74) is 5.88. The van der Waals surface area contributed by atoms with E-state index in [2.05, 4.69) is 15.9 Å². The first kappa shape index (κ1) is 20.4. The van der Waals surface area contributed by atoms with Crippen LogP contribution in [0.25, 0.3) is 0 Å². The summed E-state index contributed by atoms with van der Waals surface area (Å²) in [4.78, 5) is 26.1. The highest BCUT2D eigenvalue weighted by Gasteiger charge is 2.30. The lowest BCUT2D eigenvalue weighted by atomic mass is 9.78. The smallest absolute Gasteiger partial charge is 0.305 e. The van der Waals surface area contributed by atoms with Crippen LogP contribution in [0.4, 0.5) is 0 Å². The van der Waals surface area contributed by atoms with Crippen LogP contribution in [0.15, 0.2) is 35.4 Å². The maximum Gasteiger partial charge on any atom is 0.305 e. The first-order valence-electron chi connectivity index (χ1n) is 9.29. The number of benzene rings is 2. The summed E-state index contributed by atoms with van der Waals surface area (Å²) in [6.45, 7) is 9.37. The molecule has 0 atom stereocenters. The highest BCUT2D eigenvalue weighted by molar-refractivity contribution is 6.54. The molecule has 1 aliphatic heterocycles. The van der Waals surface area contributed by atoms with Crippen molar-refractivity contribution in [2.45, 2.75) is 40.2 Å². The molecular weight excluding hydrogens is 367 g/mol. The Labute approximate surface area is 171 Å². The average molecular weight is 391 g/mol. The van der Waals surface area contributed by atoms with E-state index in [1.807, 2.05) is 40.7 Å². The molecule has 1 radical (unpaired) electrons. The van der Waals surface area contributed by atoms with E-state index in [4.69, 9.17) is 0 Å². The standard InChI is InChI=1S/C21H24BN4O3/c1-12-6-13(2)8-15(7-12)20(29)26(21(3,4)5)24-19(28)14-9-17-16(18(27)10-14)11-23-25-22-17/h6-11,25,27H,1-5H3,(H,24,28). The topological polar surface area (TPSA) is 94.0 Å². The summed E-state index contributed by atoms with van der Waals surface area (Å²) in [5.74, 6) is -0.857. The van der Waals surface area contributed by atoms with Gasteiger partial charge in [-0.1, -0.05) is 23.3 Å². The van der Waals surface area contributed by atoms with Gasteiger partial charge in [0.15, 0.2) is 0 Å². The SMILES string of the molecule is Cc1cc(C)cc(C(=O)N(NC(=O)c2cc(O)c3c(c2)[B]NN=C3)C(C)(C)C)c1. The van der Waals surface area contributed by atoms with Crippen molar-refractivity contribution in [2.75, 3.05) is 0 Å². The molecule has 0 unspecified atom stereocenters. The number of hydrogen-bond acceptors (Lipinski definition) is 5. The van der Waals surface area contributed by atoms with Crippen LogP contribution in [0, 0.1) is 13.8 Å². The zero-order valence-electron chi connectivity index (χ0n) is 17.2. The molecule has 29 heavy (non-hydrogen) atoms. The Morgan fingerprint density at radius 3 is 2.34 bits per heavy atom. The number of hydrogen-bond donors (Lipinski definition) is 3. The number of phenolic OH excluding ortho intramolecular Hbond substituents is 1. The van der Waals surface area contributed by atoms with Gasteiger partial charge < -0.3 is 10.4 Å². The molecule has 3 N–H and O–H groups in total. The molecule has 8 heteroatoms. The van der Waals surface area contributed by atoms with Crippen molar-refractivity contribution in [3.8, 4) is 5.75 Å². The summed E-state index contributed by atoms with van der Waals surface area (Å²) < 4.78 is 0. The van der Waals surface area contributed by atoms with Crippen LogP contribution in [-0.4, -0.2) is 41.1 Å². The van der Waals surface area contributed by atoms with Crippen molar-refractivity contribution < 1.29 is 14.7 Å². The normalized spacial score (nSPS) is 12.4. The molecule has 2 aromatic carbocycles. The number of carbonyl (C=O) groups is 2. The molecule has 0 saturated heterocycles. The van der Waals surface area contributed by atoms with E-state index in [1.165, 1.54) is 17.3 Å². The van der Waals surface area contributed by atoms with Crippen LogP contribution in [-0.2, 0) is 0 Å². The zero-order chi connectivity index (χ0) is 21.3.